The number of likely N-dealkylation sites (tertiary alicyclic amines) is 2. The van der Waals surface area contributed by atoms with Gasteiger partial charge in [-0.1, -0.05) is 0 Å². The smallest absolute Gasteiger partial charge is 0.228 e. The normalized spacial score (nSPS) is 29.4. The second-order valence-corrected chi connectivity index (χ2v) is 8.49. The molecule has 0 aliphatic carbocycles. The second-order valence-electron chi connectivity index (χ2n) is 7.64. The van der Waals surface area contributed by atoms with E-state index in [9.17, 15) is 4.79 Å². The number of nitrogens with zero attached hydrogens (tertiary/aromatic N) is 4. The topological polar surface area (TPSA) is 50.6 Å². The van der Waals surface area contributed by atoms with Gasteiger partial charge in [-0.05, 0) is 54.3 Å². The van der Waals surface area contributed by atoms with E-state index in [1.165, 1.54) is 12.8 Å². The van der Waals surface area contributed by atoms with Crippen LogP contribution in [0.15, 0.2) is 10.7 Å². The third-order valence-electron chi connectivity index (χ3n) is 6.36. The Kier molecular flexibility index (Phi) is 4.21. The Hall–Kier alpha value is -0.920. The van der Waals surface area contributed by atoms with Crippen LogP contribution in [-0.2, 0) is 23.0 Å². The SMILES string of the molecule is CN1CCC2(CC1)CN(C(=O)Cc1c(Br)cnn1C)[C@@H]1COC[C@@H]12. The summed E-state index contributed by atoms with van der Waals surface area (Å²) in [7, 11) is 4.07. The van der Waals surface area contributed by atoms with E-state index in [0.717, 1.165) is 36.4 Å². The predicted octanol–water partition coefficient (Wildman–Crippen LogP) is 1.29. The number of carbonyl (C=O) groups is 1. The molecule has 4 heterocycles. The van der Waals surface area contributed by atoms with Crippen molar-refractivity contribution < 1.29 is 9.53 Å². The number of amides is 1. The number of carbonyl (C=O) groups excluding carboxylic acids is 1. The zero-order valence-corrected chi connectivity index (χ0v) is 16.0. The van der Waals surface area contributed by atoms with Crippen molar-refractivity contribution in [1.29, 1.82) is 0 Å². The van der Waals surface area contributed by atoms with E-state index >= 15 is 0 Å². The minimum Gasteiger partial charge on any atom is -0.379 e. The Balaban J connectivity index is 1.54. The Morgan fingerprint density at radius 3 is 2.79 bits per heavy atom. The number of ether oxygens (including phenoxy) is 1. The molecular weight excluding hydrogens is 372 g/mol. The van der Waals surface area contributed by atoms with Crippen molar-refractivity contribution in [2.75, 3.05) is 39.9 Å². The zero-order chi connectivity index (χ0) is 16.9. The summed E-state index contributed by atoms with van der Waals surface area (Å²) in [6.07, 6.45) is 4.50. The molecule has 24 heavy (non-hydrogen) atoms. The molecule has 0 N–H and O–H groups in total. The maximum Gasteiger partial charge on any atom is 0.228 e. The molecule has 1 amide bonds. The predicted molar refractivity (Wildman–Crippen MR) is 93.6 cm³/mol. The Bertz CT molecular complexity index is 619. The fourth-order valence-corrected chi connectivity index (χ4v) is 5.24. The van der Waals surface area contributed by atoms with Gasteiger partial charge in [0.25, 0.3) is 0 Å². The van der Waals surface area contributed by atoms with Gasteiger partial charge in [-0.25, -0.2) is 0 Å². The lowest BCUT2D eigenvalue weighted by molar-refractivity contribution is -0.132. The van der Waals surface area contributed by atoms with Gasteiger partial charge in [0.05, 0.1) is 42.0 Å². The van der Waals surface area contributed by atoms with Crippen molar-refractivity contribution in [1.82, 2.24) is 19.6 Å². The van der Waals surface area contributed by atoms with E-state index in [1.54, 1.807) is 10.9 Å². The average molecular weight is 397 g/mol. The molecule has 0 aromatic carbocycles. The highest BCUT2D eigenvalue weighted by atomic mass is 79.9. The molecule has 3 aliphatic rings. The van der Waals surface area contributed by atoms with E-state index in [0.29, 0.717) is 18.9 Å². The number of hydrogen-bond acceptors (Lipinski definition) is 4. The van der Waals surface area contributed by atoms with Gasteiger partial charge < -0.3 is 14.5 Å². The van der Waals surface area contributed by atoms with Crippen LogP contribution in [-0.4, -0.2) is 71.4 Å². The van der Waals surface area contributed by atoms with Gasteiger partial charge in [0.15, 0.2) is 0 Å². The van der Waals surface area contributed by atoms with Crippen molar-refractivity contribution in [2.45, 2.75) is 25.3 Å². The number of aromatic nitrogens is 2. The van der Waals surface area contributed by atoms with Crippen LogP contribution in [0.5, 0.6) is 0 Å². The standard InChI is InChI=1S/C17H25BrN4O2/c1-20-5-3-17(4-6-20)11-22(15-10-24-9-12(15)17)16(23)7-14-13(18)8-19-21(14)2/h8,12,15H,3-7,9-11H2,1-2H3/t12-,15+/m0/s1. The van der Waals surface area contributed by atoms with Crippen LogP contribution >= 0.6 is 15.9 Å². The van der Waals surface area contributed by atoms with Gasteiger partial charge in [0, 0.05) is 19.5 Å². The van der Waals surface area contributed by atoms with Crippen LogP contribution in [0.2, 0.25) is 0 Å². The van der Waals surface area contributed by atoms with Crippen molar-refractivity contribution in [3.8, 4) is 0 Å². The van der Waals surface area contributed by atoms with Crippen LogP contribution < -0.4 is 0 Å². The quantitative estimate of drug-likeness (QED) is 0.755. The minimum atomic E-state index is 0.204. The Morgan fingerprint density at radius 2 is 2.12 bits per heavy atom. The summed E-state index contributed by atoms with van der Waals surface area (Å²) in [5.74, 6) is 0.709. The third-order valence-corrected chi connectivity index (χ3v) is 7.02. The highest BCUT2D eigenvalue weighted by molar-refractivity contribution is 9.10. The lowest BCUT2D eigenvalue weighted by Crippen LogP contribution is -2.44. The lowest BCUT2D eigenvalue weighted by atomic mass is 9.70. The number of piperidine rings is 1. The molecule has 132 valence electrons. The number of fused-ring (bicyclic) bond motifs is 2. The molecule has 4 rings (SSSR count). The lowest BCUT2D eigenvalue weighted by Gasteiger charge is -2.40. The molecule has 3 saturated heterocycles. The second kappa shape index (κ2) is 6.11. The first-order valence-corrected chi connectivity index (χ1v) is 9.52. The molecular formula is C17H25BrN4O2. The van der Waals surface area contributed by atoms with E-state index in [4.69, 9.17) is 4.74 Å². The first kappa shape index (κ1) is 16.5. The van der Waals surface area contributed by atoms with E-state index in [2.05, 4.69) is 37.9 Å². The summed E-state index contributed by atoms with van der Waals surface area (Å²) >= 11 is 3.50. The molecule has 1 aromatic heterocycles. The molecule has 7 heteroatoms. The van der Waals surface area contributed by atoms with E-state index in [1.807, 2.05) is 7.05 Å². The molecule has 3 aliphatic heterocycles. The van der Waals surface area contributed by atoms with Gasteiger partial charge in [-0.15, -0.1) is 0 Å². The maximum atomic E-state index is 13.0. The zero-order valence-electron chi connectivity index (χ0n) is 14.4. The summed E-state index contributed by atoms with van der Waals surface area (Å²) in [5, 5.41) is 4.22. The minimum absolute atomic E-state index is 0.204. The third kappa shape index (κ3) is 2.61. The Labute approximate surface area is 151 Å². The molecule has 3 fully saturated rings. The highest BCUT2D eigenvalue weighted by Gasteiger charge is 2.56. The fraction of sp³-hybridized carbons (Fsp3) is 0.765. The molecule has 1 aromatic rings. The van der Waals surface area contributed by atoms with Gasteiger partial charge >= 0.3 is 0 Å². The van der Waals surface area contributed by atoms with Crippen molar-refractivity contribution in [3.63, 3.8) is 0 Å². The van der Waals surface area contributed by atoms with Crippen LogP contribution in [0.4, 0.5) is 0 Å². The number of halogens is 1. The average Bonchev–Trinajstić information content (AvgIpc) is 3.23. The first-order chi connectivity index (χ1) is 11.5. The molecule has 1 spiro atoms. The summed E-state index contributed by atoms with van der Waals surface area (Å²) in [5.41, 5.74) is 1.20. The van der Waals surface area contributed by atoms with Gasteiger partial charge in [-0.2, -0.15) is 5.10 Å². The molecule has 0 bridgehead atoms. The number of rotatable bonds is 2. The van der Waals surface area contributed by atoms with E-state index in [-0.39, 0.29) is 17.4 Å². The number of hydrogen-bond donors (Lipinski definition) is 0. The summed E-state index contributed by atoms with van der Waals surface area (Å²) in [6.45, 7) is 4.65. The molecule has 2 atom stereocenters. The largest absolute Gasteiger partial charge is 0.379 e. The Morgan fingerprint density at radius 1 is 1.38 bits per heavy atom. The molecule has 0 saturated carbocycles. The monoisotopic (exact) mass is 396 g/mol. The maximum absolute atomic E-state index is 13.0. The summed E-state index contributed by atoms with van der Waals surface area (Å²) in [4.78, 5) is 17.6. The first-order valence-electron chi connectivity index (χ1n) is 8.72. The highest BCUT2D eigenvalue weighted by Crippen LogP contribution is 2.50. The van der Waals surface area contributed by atoms with Crippen molar-refractivity contribution in [3.05, 3.63) is 16.4 Å². The summed E-state index contributed by atoms with van der Waals surface area (Å²) in [6, 6.07) is 0.257. The van der Waals surface area contributed by atoms with Crippen LogP contribution in [0, 0.1) is 11.3 Å². The van der Waals surface area contributed by atoms with Gasteiger partial charge in [0.1, 0.15) is 0 Å². The van der Waals surface area contributed by atoms with Crippen LogP contribution in [0.3, 0.4) is 0 Å². The van der Waals surface area contributed by atoms with Crippen molar-refractivity contribution in [2.24, 2.45) is 18.4 Å². The van der Waals surface area contributed by atoms with E-state index < -0.39 is 0 Å². The van der Waals surface area contributed by atoms with Crippen molar-refractivity contribution >= 4 is 21.8 Å². The molecule has 0 radical (unpaired) electrons. The van der Waals surface area contributed by atoms with Gasteiger partial charge in [0.2, 0.25) is 5.91 Å². The number of aryl methyl sites for hydroxylation is 1. The van der Waals surface area contributed by atoms with Gasteiger partial charge in [-0.3, -0.25) is 9.48 Å². The summed E-state index contributed by atoms with van der Waals surface area (Å²) < 4.78 is 8.49. The fourth-order valence-electron chi connectivity index (χ4n) is 4.75. The van der Waals surface area contributed by atoms with Crippen LogP contribution in [0.25, 0.3) is 0 Å². The molecule has 0 unspecified atom stereocenters. The molecule has 6 nitrogen and oxygen atoms in total. The van der Waals surface area contributed by atoms with Crippen LogP contribution in [0.1, 0.15) is 18.5 Å².